The molecule has 3 aromatic carbocycles. The summed E-state index contributed by atoms with van der Waals surface area (Å²) < 4.78 is 1.01. The first-order valence-electron chi connectivity index (χ1n) is 9.90. The van der Waals surface area contributed by atoms with Crippen molar-refractivity contribution in [3.63, 3.8) is 0 Å². The maximum absolute atomic E-state index is 13.1. The van der Waals surface area contributed by atoms with Crippen molar-refractivity contribution in [2.75, 3.05) is 5.43 Å². The van der Waals surface area contributed by atoms with Gasteiger partial charge in [-0.15, -0.1) is 0 Å². The number of para-hydroxylation sites is 1. The lowest BCUT2D eigenvalue weighted by Crippen LogP contribution is -2.38. The highest BCUT2D eigenvalue weighted by molar-refractivity contribution is 6.34. The van der Waals surface area contributed by atoms with E-state index in [0.29, 0.717) is 17.4 Å². The zero-order valence-electron chi connectivity index (χ0n) is 16.9. The van der Waals surface area contributed by atoms with Gasteiger partial charge in [0.1, 0.15) is 5.82 Å². The highest BCUT2D eigenvalue weighted by atomic mass is 35.5. The van der Waals surface area contributed by atoms with Gasteiger partial charge in [-0.3, -0.25) is 19.8 Å². The van der Waals surface area contributed by atoms with E-state index in [0.717, 1.165) is 10.2 Å². The summed E-state index contributed by atoms with van der Waals surface area (Å²) >= 11 is 6.12. The number of fused-ring (bicyclic) bond motifs is 1. The average molecular weight is 447 g/mol. The van der Waals surface area contributed by atoms with Crippen LogP contribution in [0.3, 0.4) is 0 Å². The molecule has 0 aliphatic heterocycles. The van der Waals surface area contributed by atoms with Crippen molar-refractivity contribution in [1.82, 2.24) is 15.0 Å². The van der Waals surface area contributed by atoms with Gasteiger partial charge in [-0.05, 0) is 29.8 Å². The molecule has 1 heterocycles. The van der Waals surface area contributed by atoms with E-state index < -0.39 is 11.5 Å². The van der Waals surface area contributed by atoms with Crippen LogP contribution in [0.15, 0.2) is 83.7 Å². The SMILES string of the molecule is O=C(Cc1nc2ccccc2c(=O)n1NC(=O)c1ccccc1Cl)NCc1ccccc1. The molecule has 7 nitrogen and oxygen atoms in total. The van der Waals surface area contributed by atoms with Crippen LogP contribution in [0.1, 0.15) is 21.7 Å². The molecule has 0 saturated heterocycles. The topological polar surface area (TPSA) is 93.1 Å². The van der Waals surface area contributed by atoms with E-state index in [-0.39, 0.29) is 28.7 Å². The van der Waals surface area contributed by atoms with E-state index >= 15 is 0 Å². The van der Waals surface area contributed by atoms with Gasteiger partial charge in [0, 0.05) is 6.54 Å². The van der Waals surface area contributed by atoms with Crippen LogP contribution in [0, 0.1) is 0 Å². The molecule has 0 spiro atoms. The predicted octanol–water partition coefficient (Wildman–Crippen LogP) is 3.29. The first-order chi connectivity index (χ1) is 15.5. The number of halogens is 1. The second kappa shape index (κ2) is 9.45. The molecule has 0 aliphatic carbocycles. The Labute approximate surface area is 188 Å². The smallest absolute Gasteiger partial charge is 0.280 e. The molecule has 0 fully saturated rings. The molecular formula is C24H19ClN4O3. The number of amides is 2. The van der Waals surface area contributed by atoms with Crippen LogP contribution in [0.2, 0.25) is 5.02 Å². The normalized spacial score (nSPS) is 10.7. The summed E-state index contributed by atoms with van der Waals surface area (Å²) in [5.74, 6) is -0.808. The minimum atomic E-state index is -0.583. The Kier molecular flexibility index (Phi) is 6.28. The van der Waals surface area contributed by atoms with Gasteiger partial charge in [-0.25, -0.2) is 9.66 Å². The van der Waals surface area contributed by atoms with Crippen molar-refractivity contribution in [3.8, 4) is 0 Å². The fourth-order valence-electron chi connectivity index (χ4n) is 3.22. The van der Waals surface area contributed by atoms with Crippen LogP contribution in [0.5, 0.6) is 0 Å². The molecule has 0 aliphatic rings. The Morgan fingerprint density at radius 1 is 0.906 bits per heavy atom. The molecule has 0 radical (unpaired) electrons. The van der Waals surface area contributed by atoms with E-state index in [4.69, 9.17) is 11.6 Å². The lowest BCUT2D eigenvalue weighted by Gasteiger charge is -2.15. The van der Waals surface area contributed by atoms with Gasteiger partial charge in [0.15, 0.2) is 0 Å². The molecule has 8 heteroatoms. The van der Waals surface area contributed by atoms with Crippen LogP contribution in [-0.2, 0) is 17.8 Å². The van der Waals surface area contributed by atoms with Gasteiger partial charge in [0.05, 0.1) is 27.9 Å². The summed E-state index contributed by atoms with van der Waals surface area (Å²) in [5, 5.41) is 3.37. The molecule has 2 N–H and O–H groups in total. The summed E-state index contributed by atoms with van der Waals surface area (Å²) in [6.45, 7) is 0.337. The van der Waals surface area contributed by atoms with Crippen molar-refractivity contribution in [3.05, 3.63) is 111 Å². The summed E-state index contributed by atoms with van der Waals surface area (Å²) in [5.41, 5.74) is 3.64. The Morgan fingerprint density at radius 3 is 2.38 bits per heavy atom. The lowest BCUT2D eigenvalue weighted by molar-refractivity contribution is -0.120. The molecule has 1 aromatic heterocycles. The first kappa shape index (κ1) is 21.3. The van der Waals surface area contributed by atoms with Gasteiger partial charge in [0.2, 0.25) is 5.91 Å². The third-order valence-electron chi connectivity index (χ3n) is 4.83. The number of carbonyl (C=O) groups excluding carboxylic acids is 2. The quantitative estimate of drug-likeness (QED) is 0.475. The number of carbonyl (C=O) groups is 2. The van der Waals surface area contributed by atoms with Gasteiger partial charge >= 0.3 is 0 Å². The predicted molar refractivity (Wildman–Crippen MR) is 123 cm³/mol. The second-order valence-electron chi connectivity index (χ2n) is 7.05. The Bertz CT molecular complexity index is 1350. The van der Waals surface area contributed by atoms with Crippen molar-refractivity contribution in [2.45, 2.75) is 13.0 Å². The summed E-state index contributed by atoms with van der Waals surface area (Å²) in [6.07, 6.45) is -0.199. The third kappa shape index (κ3) is 4.68. The van der Waals surface area contributed by atoms with E-state index in [1.54, 1.807) is 48.5 Å². The van der Waals surface area contributed by atoms with Crippen LogP contribution in [0.4, 0.5) is 0 Å². The molecule has 0 saturated carbocycles. The zero-order chi connectivity index (χ0) is 22.5. The van der Waals surface area contributed by atoms with Crippen molar-refractivity contribution in [1.29, 1.82) is 0 Å². The summed E-state index contributed by atoms with van der Waals surface area (Å²) in [7, 11) is 0. The molecule has 0 unspecified atom stereocenters. The van der Waals surface area contributed by atoms with E-state index in [2.05, 4.69) is 15.7 Å². The molecular weight excluding hydrogens is 428 g/mol. The highest BCUT2D eigenvalue weighted by Gasteiger charge is 2.18. The number of nitrogens with zero attached hydrogens (tertiary/aromatic N) is 2. The molecule has 32 heavy (non-hydrogen) atoms. The summed E-state index contributed by atoms with van der Waals surface area (Å²) in [6, 6.07) is 22.7. The summed E-state index contributed by atoms with van der Waals surface area (Å²) in [4.78, 5) is 42.9. The van der Waals surface area contributed by atoms with Crippen LogP contribution in [-0.4, -0.2) is 21.5 Å². The molecule has 160 valence electrons. The van der Waals surface area contributed by atoms with Gasteiger partial charge in [0.25, 0.3) is 11.5 Å². The molecule has 4 aromatic rings. The minimum Gasteiger partial charge on any atom is -0.352 e. The van der Waals surface area contributed by atoms with E-state index in [1.807, 2.05) is 30.3 Å². The van der Waals surface area contributed by atoms with Crippen LogP contribution < -0.4 is 16.3 Å². The van der Waals surface area contributed by atoms with Crippen LogP contribution >= 0.6 is 11.6 Å². The third-order valence-corrected chi connectivity index (χ3v) is 5.16. The minimum absolute atomic E-state index is 0.111. The molecule has 2 amide bonds. The number of benzene rings is 3. The lowest BCUT2D eigenvalue weighted by atomic mass is 10.2. The largest absolute Gasteiger partial charge is 0.352 e. The first-order valence-corrected chi connectivity index (χ1v) is 10.3. The monoisotopic (exact) mass is 446 g/mol. The number of hydrogen-bond donors (Lipinski definition) is 2. The van der Waals surface area contributed by atoms with Crippen molar-refractivity contribution in [2.24, 2.45) is 0 Å². The van der Waals surface area contributed by atoms with Crippen LogP contribution in [0.25, 0.3) is 10.9 Å². The maximum atomic E-state index is 13.1. The fourth-order valence-corrected chi connectivity index (χ4v) is 3.44. The molecule has 4 rings (SSSR count). The van der Waals surface area contributed by atoms with Gasteiger partial charge < -0.3 is 5.32 Å². The van der Waals surface area contributed by atoms with Gasteiger partial charge in [-0.2, -0.15) is 0 Å². The fraction of sp³-hybridized carbons (Fsp3) is 0.0833. The number of aromatic nitrogens is 2. The molecule has 0 atom stereocenters. The van der Waals surface area contributed by atoms with E-state index in [1.165, 1.54) is 0 Å². The van der Waals surface area contributed by atoms with Crippen molar-refractivity contribution >= 4 is 34.3 Å². The maximum Gasteiger partial charge on any atom is 0.280 e. The number of nitrogens with one attached hydrogen (secondary N) is 2. The number of rotatable bonds is 6. The zero-order valence-corrected chi connectivity index (χ0v) is 17.7. The Balaban J connectivity index is 1.64. The van der Waals surface area contributed by atoms with E-state index in [9.17, 15) is 14.4 Å². The highest BCUT2D eigenvalue weighted by Crippen LogP contribution is 2.15. The number of hydrogen-bond acceptors (Lipinski definition) is 4. The Hall–Kier alpha value is -3.97. The standard InChI is InChI=1S/C24H19ClN4O3/c25-19-12-6-4-10-17(19)23(31)28-29-21(27-20-13-7-5-11-18(20)24(29)32)14-22(30)26-15-16-8-2-1-3-9-16/h1-13H,14-15H2,(H,26,30)(H,28,31). The Morgan fingerprint density at radius 2 is 1.59 bits per heavy atom. The second-order valence-corrected chi connectivity index (χ2v) is 7.45. The van der Waals surface area contributed by atoms with Crippen molar-refractivity contribution < 1.29 is 9.59 Å². The average Bonchev–Trinajstić information content (AvgIpc) is 2.81. The molecule has 0 bridgehead atoms. The van der Waals surface area contributed by atoms with Gasteiger partial charge in [-0.1, -0.05) is 66.2 Å².